The van der Waals surface area contributed by atoms with Gasteiger partial charge >= 0.3 is 0 Å². The molecule has 1 nitrogen and oxygen atoms in total. The highest BCUT2D eigenvalue weighted by Crippen LogP contribution is 2.28. The Labute approximate surface area is 103 Å². The van der Waals surface area contributed by atoms with Gasteiger partial charge in [0.1, 0.15) is 0 Å². The van der Waals surface area contributed by atoms with E-state index in [0.717, 1.165) is 15.1 Å². The van der Waals surface area contributed by atoms with Gasteiger partial charge in [0.2, 0.25) is 0 Å². The largest absolute Gasteiger partial charge is 0.349 e. The van der Waals surface area contributed by atoms with Crippen LogP contribution in [0.3, 0.4) is 0 Å². The normalized spacial score (nSPS) is 10.3. The van der Waals surface area contributed by atoms with Gasteiger partial charge in [0.25, 0.3) is 0 Å². The van der Waals surface area contributed by atoms with Crippen molar-refractivity contribution in [2.75, 3.05) is 5.32 Å². The van der Waals surface area contributed by atoms with E-state index in [1.807, 2.05) is 19.1 Å². The molecule has 0 aromatic heterocycles. The fraction of sp³-hybridized carbons (Fsp3) is 0.0833. The Kier molecular flexibility index (Phi) is 3.03. The minimum Gasteiger partial charge on any atom is -0.349 e. The van der Waals surface area contributed by atoms with Gasteiger partial charge in [-0.3, -0.25) is 0 Å². The summed E-state index contributed by atoms with van der Waals surface area (Å²) in [5, 5.41) is 5.58. The van der Waals surface area contributed by atoms with Gasteiger partial charge in [0, 0.05) is 4.47 Å². The molecule has 0 atom stereocenters. The molecule has 0 aliphatic heterocycles. The lowest BCUT2D eigenvalue weighted by Crippen LogP contribution is -2.03. The molecule has 76 valence electrons. The van der Waals surface area contributed by atoms with Crippen molar-refractivity contribution in [3.8, 4) is 0 Å². The number of hydrogen-bond acceptors (Lipinski definition) is 1. The summed E-state index contributed by atoms with van der Waals surface area (Å²) in [4.78, 5) is 0.769. The van der Waals surface area contributed by atoms with Crippen LogP contribution in [0.2, 0.25) is 0 Å². The van der Waals surface area contributed by atoms with Gasteiger partial charge in [-0.05, 0) is 45.8 Å². The zero-order valence-corrected chi connectivity index (χ0v) is 10.7. The van der Waals surface area contributed by atoms with Crippen LogP contribution in [0.5, 0.6) is 0 Å². The van der Waals surface area contributed by atoms with E-state index in [-0.39, 0.29) is 0 Å². The second kappa shape index (κ2) is 4.29. The summed E-state index contributed by atoms with van der Waals surface area (Å²) in [6.07, 6.45) is 0. The van der Waals surface area contributed by atoms with E-state index in [0.29, 0.717) is 0 Å². The molecular weight excluding hydrogens is 270 g/mol. The quantitative estimate of drug-likeness (QED) is 0.779. The fourth-order valence-corrected chi connectivity index (χ4v) is 2.07. The topological polar surface area (TPSA) is 12.0 Å². The van der Waals surface area contributed by atoms with Crippen LogP contribution in [0.15, 0.2) is 40.9 Å². The molecule has 1 N–H and O–H groups in total. The van der Waals surface area contributed by atoms with Gasteiger partial charge < -0.3 is 5.32 Å². The Morgan fingerprint density at radius 1 is 1.20 bits per heavy atom. The van der Waals surface area contributed by atoms with Crippen molar-refractivity contribution >= 4 is 49.6 Å². The molecule has 0 aliphatic carbocycles. The second-order valence-electron chi connectivity index (χ2n) is 3.36. The van der Waals surface area contributed by atoms with Crippen molar-refractivity contribution in [3.63, 3.8) is 0 Å². The number of nitrogens with one attached hydrogen (secondary N) is 1. The standard InChI is InChI=1S/C12H10BrNS/c1-8(15)14-12-7-10-5-3-2-4-9(10)6-11(12)13/h2-7H,1H3,(H,14,15). The van der Waals surface area contributed by atoms with Crippen molar-refractivity contribution < 1.29 is 0 Å². The predicted octanol–water partition coefficient (Wildman–Crippen LogP) is 4.36. The van der Waals surface area contributed by atoms with Crippen LogP contribution >= 0.6 is 28.1 Å². The minimum absolute atomic E-state index is 0.769. The summed E-state index contributed by atoms with van der Waals surface area (Å²) in [6, 6.07) is 12.4. The van der Waals surface area contributed by atoms with E-state index >= 15 is 0 Å². The first-order chi connectivity index (χ1) is 7.16. The number of fused-ring (bicyclic) bond motifs is 1. The van der Waals surface area contributed by atoms with Crippen LogP contribution in [0.25, 0.3) is 10.8 Å². The molecule has 15 heavy (non-hydrogen) atoms. The van der Waals surface area contributed by atoms with E-state index in [2.05, 4.69) is 45.5 Å². The minimum atomic E-state index is 0.769. The van der Waals surface area contributed by atoms with E-state index in [4.69, 9.17) is 12.2 Å². The second-order valence-corrected chi connectivity index (χ2v) is 4.83. The number of thiocarbonyl (C=S) groups is 1. The number of anilines is 1. The third-order valence-corrected chi connectivity index (χ3v) is 2.90. The number of rotatable bonds is 1. The van der Waals surface area contributed by atoms with Gasteiger partial charge in [0.05, 0.1) is 10.7 Å². The lowest BCUT2D eigenvalue weighted by molar-refractivity contribution is 1.63. The average molecular weight is 280 g/mol. The Hall–Kier alpha value is -0.930. The highest BCUT2D eigenvalue weighted by Gasteiger charge is 2.02. The number of halogens is 1. The SMILES string of the molecule is CC(=S)Nc1cc2ccccc2cc1Br. The Morgan fingerprint density at radius 2 is 1.80 bits per heavy atom. The predicted molar refractivity (Wildman–Crippen MR) is 73.5 cm³/mol. The molecule has 0 aliphatic rings. The summed E-state index contributed by atoms with van der Waals surface area (Å²) in [5.41, 5.74) is 1.02. The van der Waals surface area contributed by atoms with Crippen molar-refractivity contribution in [2.24, 2.45) is 0 Å². The number of hydrogen-bond donors (Lipinski definition) is 1. The summed E-state index contributed by atoms with van der Waals surface area (Å²) < 4.78 is 1.03. The third kappa shape index (κ3) is 2.36. The summed E-state index contributed by atoms with van der Waals surface area (Å²) in [7, 11) is 0. The average Bonchev–Trinajstić information content (AvgIpc) is 2.18. The first-order valence-electron chi connectivity index (χ1n) is 4.63. The molecular formula is C12H10BrNS. The van der Waals surface area contributed by atoms with Gasteiger partial charge in [-0.1, -0.05) is 36.5 Å². The Balaban J connectivity index is 2.56. The van der Waals surface area contributed by atoms with Crippen molar-refractivity contribution in [1.82, 2.24) is 0 Å². The molecule has 2 aromatic rings. The fourth-order valence-electron chi connectivity index (χ4n) is 1.50. The van der Waals surface area contributed by atoms with Crippen LogP contribution in [-0.4, -0.2) is 4.99 Å². The zero-order valence-electron chi connectivity index (χ0n) is 8.25. The van der Waals surface area contributed by atoms with Crippen LogP contribution in [0.4, 0.5) is 5.69 Å². The van der Waals surface area contributed by atoms with Crippen LogP contribution < -0.4 is 5.32 Å². The van der Waals surface area contributed by atoms with Gasteiger partial charge in [-0.2, -0.15) is 0 Å². The molecule has 0 saturated heterocycles. The maximum absolute atomic E-state index is 5.03. The molecule has 0 saturated carbocycles. The molecule has 0 amide bonds. The summed E-state index contributed by atoms with van der Waals surface area (Å²) >= 11 is 8.55. The molecule has 0 bridgehead atoms. The highest BCUT2D eigenvalue weighted by molar-refractivity contribution is 9.10. The first kappa shape index (κ1) is 10.6. The van der Waals surface area contributed by atoms with Gasteiger partial charge in [-0.15, -0.1) is 0 Å². The van der Waals surface area contributed by atoms with E-state index in [1.54, 1.807) is 0 Å². The molecule has 0 radical (unpaired) electrons. The molecule has 2 aromatic carbocycles. The van der Waals surface area contributed by atoms with Crippen LogP contribution in [0, 0.1) is 0 Å². The maximum Gasteiger partial charge on any atom is 0.0766 e. The van der Waals surface area contributed by atoms with Crippen LogP contribution in [-0.2, 0) is 0 Å². The summed E-state index contributed by atoms with van der Waals surface area (Å²) in [6.45, 7) is 1.87. The highest BCUT2D eigenvalue weighted by atomic mass is 79.9. The van der Waals surface area contributed by atoms with Crippen LogP contribution in [0.1, 0.15) is 6.92 Å². The van der Waals surface area contributed by atoms with Crippen molar-refractivity contribution in [1.29, 1.82) is 0 Å². The molecule has 0 fully saturated rings. The van der Waals surface area contributed by atoms with Gasteiger partial charge in [-0.25, -0.2) is 0 Å². The molecule has 3 heteroatoms. The Bertz CT molecular complexity index is 522. The van der Waals surface area contributed by atoms with Crippen molar-refractivity contribution in [3.05, 3.63) is 40.9 Å². The molecule has 0 unspecified atom stereocenters. The molecule has 0 spiro atoms. The Morgan fingerprint density at radius 3 is 2.40 bits per heavy atom. The van der Waals surface area contributed by atoms with E-state index in [1.165, 1.54) is 10.8 Å². The smallest absolute Gasteiger partial charge is 0.0766 e. The molecule has 0 heterocycles. The monoisotopic (exact) mass is 279 g/mol. The van der Waals surface area contributed by atoms with E-state index in [9.17, 15) is 0 Å². The van der Waals surface area contributed by atoms with Crippen molar-refractivity contribution in [2.45, 2.75) is 6.92 Å². The summed E-state index contributed by atoms with van der Waals surface area (Å²) in [5.74, 6) is 0. The van der Waals surface area contributed by atoms with Gasteiger partial charge in [0.15, 0.2) is 0 Å². The first-order valence-corrected chi connectivity index (χ1v) is 5.83. The van der Waals surface area contributed by atoms with E-state index < -0.39 is 0 Å². The lowest BCUT2D eigenvalue weighted by Gasteiger charge is -2.08. The lowest BCUT2D eigenvalue weighted by atomic mass is 10.1. The maximum atomic E-state index is 5.03. The number of benzene rings is 2. The third-order valence-electron chi connectivity index (χ3n) is 2.15. The zero-order chi connectivity index (χ0) is 10.8. The molecule has 2 rings (SSSR count).